The van der Waals surface area contributed by atoms with E-state index in [9.17, 15) is 4.79 Å². The fraction of sp³-hybridized carbons (Fsp3) is 0.440. The summed E-state index contributed by atoms with van der Waals surface area (Å²) in [5, 5.41) is 0.806. The number of nitrogens with zero attached hydrogens (tertiary/aromatic N) is 3. The molecule has 1 aromatic heterocycles. The van der Waals surface area contributed by atoms with E-state index in [2.05, 4.69) is 44.7 Å². The van der Waals surface area contributed by atoms with Crippen LogP contribution in [0.4, 0.5) is 5.13 Å². The summed E-state index contributed by atoms with van der Waals surface area (Å²) in [6, 6.07) is 12.2. The summed E-state index contributed by atoms with van der Waals surface area (Å²) in [4.78, 5) is 23.6. The lowest BCUT2D eigenvalue weighted by Crippen LogP contribution is -2.39. The Morgan fingerprint density at radius 3 is 2.44 bits per heavy atom. The molecule has 0 aliphatic carbocycles. The molecule has 1 amide bonds. The van der Waals surface area contributed by atoms with Crippen molar-refractivity contribution in [2.24, 2.45) is 0 Å². The number of thiazole rings is 1. The number of hydrogen-bond acceptors (Lipinski definition) is 6. The molecule has 0 saturated heterocycles. The molecule has 0 aliphatic rings. The number of amides is 1. The minimum Gasteiger partial charge on any atom is -0.497 e. The maximum atomic E-state index is 13.3. The molecule has 0 saturated carbocycles. The van der Waals surface area contributed by atoms with Crippen LogP contribution in [0.2, 0.25) is 0 Å². The molecule has 1 heterocycles. The highest BCUT2D eigenvalue weighted by molar-refractivity contribution is 7.99. The summed E-state index contributed by atoms with van der Waals surface area (Å²) < 4.78 is 6.35. The molecule has 0 aliphatic heterocycles. The monoisotopic (exact) mass is 471 g/mol. The molecular formula is C25H33N3O2S2. The molecule has 3 rings (SSSR count). The quantitative estimate of drug-likeness (QED) is 0.332. The highest BCUT2D eigenvalue weighted by Gasteiger charge is 2.21. The molecule has 7 heteroatoms. The number of methoxy groups -OCH3 is 1. The molecule has 0 unspecified atom stereocenters. The summed E-state index contributed by atoms with van der Waals surface area (Å²) in [5.41, 5.74) is 3.43. The van der Waals surface area contributed by atoms with E-state index in [0.717, 1.165) is 51.4 Å². The molecule has 32 heavy (non-hydrogen) atoms. The lowest BCUT2D eigenvalue weighted by Gasteiger charge is -2.24. The number of ether oxygens (including phenoxy) is 1. The summed E-state index contributed by atoms with van der Waals surface area (Å²) in [6.07, 6.45) is 0.475. The van der Waals surface area contributed by atoms with E-state index < -0.39 is 0 Å². The van der Waals surface area contributed by atoms with Gasteiger partial charge in [0.05, 0.1) is 17.3 Å². The maximum Gasteiger partial charge on any atom is 0.229 e. The van der Waals surface area contributed by atoms with Gasteiger partial charge in [-0.1, -0.05) is 31.3 Å². The molecule has 3 aromatic rings. The first-order chi connectivity index (χ1) is 15.5. The average molecular weight is 472 g/mol. The van der Waals surface area contributed by atoms with Gasteiger partial charge in [-0.25, -0.2) is 4.98 Å². The Morgan fingerprint density at radius 1 is 1.06 bits per heavy atom. The fourth-order valence-corrected chi connectivity index (χ4v) is 5.41. The fourth-order valence-electron chi connectivity index (χ4n) is 3.50. The molecule has 2 aromatic carbocycles. The minimum atomic E-state index is 0.131. The molecule has 0 atom stereocenters. The van der Waals surface area contributed by atoms with Crippen molar-refractivity contribution < 1.29 is 9.53 Å². The van der Waals surface area contributed by atoms with Crippen LogP contribution in [-0.4, -0.2) is 54.8 Å². The predicted octanol–water partition coefficient (Wildman–Crippen LogP) is 5.78. The number of carbonyl (C=O) groups excluding carboxylic acids is 1. The summed E-state index contributed by atoms with van der Waals surface area (Å²) in [7, 11) is 1.67. The number of rotatable bonds is 11. The zero-order chi connectivity index (χ0) is 23.1. The van der Waals surface area contributed by atoms with E-state index in [0.29, 0.717) is 13.0 Å². The highest BCUT2D eigenvalue weighted by atomic mass is 32.2. The minimum absolute atomic E-state index is 0.131. The second-order valence-corrected chi connectivity index (χ2v) is 9.87. The summed E-state index contributed by atoms with van der Waals surface area (Å²) >= 11 is 3.31. The number of aromatic nitrogens is 1. The van der Waals surface area contributed by atoms with E-state index >= 15 is 0 Å². The Morgan fingerprint density at radius 2 is 1.78 bits per heavy atom. The molecular weight excluding hydrogens is 438 g/mol. The van der Waals surface area contributed by atoms with Crippen LogP contribution in [0.1, 0.15) is 31.4 Å². The van der Waals surface area contributed by atoms with Gasteiger partial charge < -0.3 is 9.64 Å². The SMILES string of the molecule is CCN(CC)CCN(C(=O)CCSc1ccc(OC)cc1)c1nc2c(C)c(C)ccc2s1. The van der Waals surface area contributed by atoms with Gasteiger partial charge in [-0.05, 0) is 68.4 Å². The van der Waals surface area contributed by atoms with Crippen LogP contribution in [-0.2, 0) is 4.79 Å². The average Bonchev–Trinajstić information content (AvgIpc) is 3.24. The number of hydrogen-bond donors (Lipinski definition) is 0. The van der Waals surface area contributed by atoms with Crippen LogP contribution in [0.15, 0.2) is 41.3 Å². The third-order valence-electron chi connectivity index (χ3n) is 5.78. The van der Waals surface area contributed by atoms with Crippen molar-refractivity contribution in [3.05, 3.63) is 47.5 Å². The van der Waals surface area contributed by atoms with E-state index in [-0.39, 0.29) is 5.91 Å². The molecule has 0 spiro atoms. The third kappa shape index (κ3) is 6.03. The number of thioether (sulfide) groups is 1. The van der Waals surface area contributed by atoms with Crippen molar-refractivity contribution >= 4 is 44.4 Å². The predicted molar refractivity (Wildman–Crippen MR) is 138 cm³/mol. The van der Waals surface area contributed by atoms with Crippen LogP contribution in [0.3, 0.4) is 0 Å². The molecule has 5 nitrogen and oxygen atoms in total. The maximum absolute atomic E-state index is 13.3. The second-order valence-electron chi connectivity index (χ2n) is 7.70. The van der Waals surface area contributed by atoms with E-state index in [1.54, 1.807) is 30.2 Å². The van der Waals surface area contributed by atoms with Gasteiger partial charge in [-0.3, -0.25) is 9.69 Å². The largest absolute Gasteiger partial charge is 0.497 e. The van der Waals surface area contributed by atoms with E-state index in [1.807, 2.05) is 29.2 Å². The van der Waals surface area contributed by atoms with Gasteiger partial charge in [0.15, 0.2) is 5.13 Å². The molecule has 0 bridgehead atoms. The van der Waals surface area contributed by atoms with Crippen LogP contribution in [0.5, 0.6) is 5.75 Å². The van der Waals surface area contributed by atoms with Crippen molar-refractivity contribution in [3.63, 3.8) is 0 Å². The van der Waals surface area contributed by atoms with Crippen molar-refractivity contribution in [2.75, 3.05) is 43.9 Å². The van der Waals surface area contributed by atoms with Crippen molar-refractivity contribution in [1.82, 2.24) is 9.88 Å². The molecule has 0 fully saturated rings. The van der Waals surface area contributed by atoms with Gasteiger partial charge in [-0.2, -0.15) is 0 Å². The normalized spacial score (nSPS) is 11.3. The standard InChI is InChI=1S/C25H33N3O2S2/c1-6-27(7-2)15-16-28(25-26-24-19(4)18(3)8-13-22(24)32-25)23(29)14-17-31-21-11-9-20(30-5)10-12-21/h8-13H,6-7,14-17H2,1-5H3. The number of likely N-dealkylation sites (N-methyl/N-ethyl adjacent to an activating group) is 1. The second kappa shape index (κ2) is 11.7. The van der Waals surface area contributed by atoms with Crippen LogP contribution in [0, 0.1) is 13.8 Å². The van der Waals surface area contributed by atoms with Crippen molar-refractivity contribution in [1.29, 1.82) is 0 Å². The third-order valence-corrected chi connectivity index (χ3v) is 7.84. The van der Waals surface area contributed by atoms with Gasteiger partial charge in [0.2, 0.25) is 5.91 Å². The van der Waals surface area contributed by atoms with Crippen LogP contribution < -0.4 is 9.64 Å². The van der Waals surface area contributed by atoms with Crippen molar-refractivity contribution in [3.8, 4) is 5.75 Å². The van der Waals surface area contributed by atoms with Gasteiger partial charge in [0.1, 0.15) is 5.75 Å². The Hall–Kier alpha value is -2.09. The first-order valence-corrected chi connectivity index (χ1v) is 12.9. The number of fused-ring (bicyclic) bond motifs is 1. The lowest BCUT2D eigenvalue weighted by atomic mass is 10.1. The highest BCUT2D eigenvalue weighted by Crippen LogP contribution is 2.32. The number of aryl methyl sites for hydroxylation is 2. The first kappa shape index (κ1) is 24.6. The van der Waals surface area contributed by atoms with Crippen LogP contribution >= 0.6 is 23.1 Å². The number of anilines is 1. The van der Waals surface area contributed by atoms with Gasteiger partial charge >= 0.3 is 0 Å². The zero-order valence-electron chi connectivity index (χ0n) is 19.7. The smallest absolute Gasteiger partial charge is 0.229 e. The van der Waals surface area contributed by atoms with Crippen LogP contribution in [0.25, 0.3) is 10.2 Å². The Bertz CT molecular complexity index is 1030. The Balaban J connectivity index is 1.74. The molecule has 0 N–H and O–H groups in total. The molecule has 172 valence electrons. The van der Waals surface area contributed by atoms with Gasteiger partial charge in [0.25, 0.3) is 0 Å². The molecule has 0 radical (unpaired) electrons. The number of carbonyl (C=O) groups is 1. The van der Waals surface area contributed by atoms with Crippen molar-refractivity contribution in [2.45, 2.75) is 39.0 Å². The first-order valence-electron chi connectivity index (χ1n) is 11.1. The Labute approximate surface area is 199 Å². The Kier molecular flexibility index (Phi) is 8.96. The van der Waals surface area contributed by atoms with Gasteiger partial charge in [0, 0.05) is 30.2 Å². The zero-order valence-corrected chi connectivity index (χ0v) is 21.3. The van der Waals surface area contributed by atoms with E-state index in [4.69, 9.17) is 9.72 Å². The van der Waals surface area contributed by atoms with Gasteiger partial charge in [-0.15, -0.1) is 11.8 Å². The topological polar surface area (TPSA) is 45.7 Å². The lowest BCUT2D eigenvalue weighted by molar-refractivity contribution is -0.118. The summed E-state index contributed by atoms with van der Waals surface area (Å²) in [6.45, 7) is 12.0. The number of benzene rings is 2. The van der Waals surface area contributed by atoms with E-state index in [1.165, 1.54) is 11.1 Å². The summed E-state index contributed by atoms with van der Waals surface area (Å²) in [5.74, 6) is 1.71.